The summed E-state index contributed by atoms with van der Waals surface area (Å²) in [5.74, 6) is -0.0670. The van der Waals surface area contributed by atoms with Gasteiger partial charge in [0.15, 0.2) is 0 Å². The van der Waals surface area contributed by atoms with Crippen LogP contribution in [-0.4, -0.2) is 28.9 Å². The maximum Gasteiger partial charge on any atom is 0.238 e. The molecule has 0 saturated carbocycles. The first-order valence-electron chi connectivity index (χ1n) is 7.26. The van der Waals surface area contributed by atoms with E-state index in [-0.39, 0.29) is 11.9 Å². The van der Waals surface area contributed by atoms with Crippen molar-refractivity contribution in [3.8, 4) is 0 Å². The monoisotopic (exact) mass is 337 g/mol. The Kier molecular flexibility index (Phi) is 4.71. The second kappa shape index (κ2) is 6.73. The molecule has 0 aliphatic carbocycles. The van der Waals surface area contributed by atoms with E-state index in [1.165, 1.54) is 0 Å². The summed E-state index contributed by atoms with van der Waals surface area (Å²) in [6.45, 7) is 1.27. The van der Waals surface area contributed by atoms with Crippen LogP contribution in [-0.2, 0) is 4.79 Å². The van der Waals surface area contributed by atoms with E-state index in [0.29, 0.717) is 22.3 Å². The highest BCUT2D eigenvalue weighted by Crippen LogP contribution is 2.31. The molecule has 1 amide bonds. The number of nitrogens with zero attached hydrogens (tertiary/aromatic N) is 1. The predicted molar refractivity (Wildman–Crippen MR) is 89.4 cm³/mol. The molecule has 1 aromatic heterocycles. The van der Waals surface area contributed by atoms with E-state index in [1.54, 1.807) is 18.2 Å². The number of aromatic nitrogens is 1. The molecule has 2 heterocycles. The van der Waals surface area contributed by atoms with Gasteiger partial charge in [-0.25, -0.2) is 0 Å². The molecule has 1 aromatic carbocycles. The van der Waals surface area contributed by atoms with Gasteiger partial charge in [-0.15, -0.1) is 0 Å². The van der Waals surface area contributed by atoms with Crippen LogP contribution in [0.4, 0.5) is 5.69 Å². The lowest BCUT2D eigenvalue weighted by Gasteiger charge is -2.23. The molecule has 1 aliphatic heterocycles. The van der Waals surface area contributed by atoms with Crippen LogP contribution >= 0.6 is 23.2 Å². The summed E-state index contributed by atoms with van der Waals surface area (Å²) in [6, 6.07) is 9.38. The lowest BCUT2D eigenvalue weighted by Crippen LogP contribution is -2.33. The number of halogens is 2. The zero-order chi connectivity index (χ0) is 15.5. The molecule has 22 heavy (non-hydrogen) atoms. The van der Waals surface area contributed by atoms with Crippen LogP contribution in [0.15, 0.2) is 36.5 Å². The number of aromatic amines is 1. The Morgan fingerprint density at radius 1 is 1.36 bits per heavy atom. The first kappa shape index (κ1) is 15.4. The topological polar surface area (TPSA) is 48.1 Å². The lowest BCUT2D eigenvalue weighted by molar-refractivity contribution is -0.117. The smallest absolute Gasteiger partial charge is 0.238 e. The minimum Gasteiger partial charge on any atom is -0.364 e. The molecule has 1 fully saturated rings. The minimum atomic E-state index is -0.0670. The number of carbonyl (C=O) groups is 1. The summed E-state index contributed by atoms with van der Waals surface area (Å²) in [4.78, 5) is 17.7. The predicted octanol–water partition coefficient (Wildman–Crippen LogP) is 4.10. The Morgan fingerprint density at radius 3 is 2.95 bits per heavy atom. The molecule has 2 aromatic rings. The molecule has 6 heteroatoms. The fourth-order valence-corrected chi connectivity index (χ4v) is 3.34. The molecule has 2 N–H and O–H groups in total. The van der Waals surface area contributed by atoms with E-state index < -0.39 is 0 Å². The fourth-order valence-electron chi connectivity index (χ4n) is 2.88. The van der Waals surface area contributed by atoms with Crippen molar-refractivity contribution in [2.75, 3.05) is 18.4 Å². The number of hydrogen-bond donors (Lipinski definition) is 2. The van der Waals surface area contributed by atoms with Crippen molar-refractivity contribution in [2.45, 2.75) is 18.9 Å². The Labute approximate surface area is 139 Å². The van der Waals surface area contributed by atoms with Gasteiger partial charge in [-0.3, -0.25) is 9.69 Å². The van der Waals surface area contributed by atoms with Gasteiger partial charge in [-0.1, -0.05) is 23.2 Å². The number of anilines is 1. The number of likely N-dealkylation sites (tertiary alicyclic amines) is 1. The molecule has 4 nitrogen and oxygen atoms in total. The maximum absolute atomic E-state index is 12.3. The summed E-state index contributed by atoms with van der Waals surface area (Å²) in [5.41, 5.74) is 1.75. The van der Waals surface area contributed by atoms with Crippen molar-refractivity contribution in [1.29, 1.82) is 0 Å². The van der Waals surface area contributed by atoms with Gasteiger partial charge in [0.1, 0.15) is 0 Å². The number of rotatable bonds is 4. The highest BCUT2D eigenvalue weighted by molar-refractivity contribution is 6.36. The molecule has 1 saturated heterocycles. The van der Waals surface area contributed by atoms with E-state index in [9.17, 15) is 4.79 Å². The Balaban J connectivity index is 1.64. The van der Waals surface area contributed by atoms with Crippen molar-refractivity contribution in [3.05, 3.63) is 52.3 Å². The zero-order valence-corrected chi connectivity index (χ0v) is 13.5. The number of carbonyl (C=O) groups excluding carboxylic acids is 1. The van der Waals surface area contributed by atoms with Crippen molar-refractivity contribution in [1.82, 2.24) is 9.88 Å². The van der Waals surface area contributed by atoms with E-state index in [0.717, 1.165) is 25.1 Å². The summed E-state index contributed by atoms with van der Waals surface area (Å²) < 4.78 is 0. The fraction of sp³-hybridized carbons (Fsp3) is 0.312. The Hall–Kier alpha value is -1.49. The van der Waals surface area contributed by atoms with Crippen molar-refractivity contribution in [3.63, 3.8) is 0 Å². The third-order valence-corrected chi connectivity index (χ3v) is 4.44. The highest BCUT2D eigenvalue weighted by atomic mass is 35.5. The molecule has 0 bridgehead atoms. The Morgan fingerprint density at radius 2 is 2.23 bits per heavy atom. The van der Waals surface area contributed by atoms with Crippen LogP contribution in [0.3, 0.4) is 0 Å². The van der Waals surface area contributed by atoms with Gasteiger partial charge in [-0.05, 0) is 49.7 Å². The molecule has 1 atom stereocenters. The first-order chi connectivity index (χ1) is 10.6. The van der Waals surface area contributed by atoms with Gasteiger partial charge in [0.05, 0.1) is 23.3 Å². The van der Waals surface area contributed by atoms with Crippen LogP contribution in [0.25, 0.3) is 0 Å². The number of nitrogens with one attached hydrogen (secondary N) is 2. The second-order valence-corrected chi connectivity index (χ2v) is 6.27. The molecular formula is C16H17Cl2N3O. The standard InChI is InChI=1S/C16H17Cl2N3O/c17-11-5-6-13(12(18)9-11)20-16(22)10-21-8-2-4-15(21)14-3-1-7-19-14/h1,3,5-7,9,15,19H,2,4,8,10H2,(H,20,22). The highest BCUT2D eigenvalue weighted by Gasteiger charge is 2.28. The van der Waals surface area contributed by atoms with E-state index in [1.807, 2.05) is 12.3 Å². The van der Waals surface area contributed by atoms with Gasteiger partial charge < -0.3 is 10.3 Å². The number of H-pyrrole nitrogens is 1. The maximum atomic E-state index is 12.3. The van der Waals surface area contributed by atoms with Gasteiger partial charge in [0.2, 0.25) is 5.91 Å². The molecule has 1 unspecified atom stereocenters. The van der Waals surface area contributed by atoms with Gasteiger partial charge >= 0.3 is 0 Å². The second-order valence-electron chi connectivity index (χ2n) is 5.43. The quantitative estimate of drug-likeness (QED) is 0.882. The number of amides is 1. The third kappa shape index (κ3) is 3.46. The first-order valence-corrected chi connectivity index (χ1v) is 8.01. The minimum absolute atomic E-state index is 0.0670. The van der Waals surface area contributed by atoms with Crippen LogP contribution in [0.1, 0.15) is 24.6 Å². The third-order valence-electron chi connectivity index (χ3n) is 3.90. The lowest BCUT2D eigenvalue weighted by atomic mass is 10.1. The van der Waals surface area contributed by atoms with E-state index in [4.69, 9.17) is 23.2 Å². The van der Waals surface area contributed by atoms with E-state index in [2.05, 4.69) is 21.3 Å². The number of benzene rings is 1. The molecular weight excluding hydrogens is 321 g/mol. The zero-order valence-electron chi connectivity index (χ0n) is 12.0. The van der Waals surface area contributed by atoms with Crippen LogP contribution in [0, 0.1) is 0 Å². The summed E-state index contributed by atoms with van der Waals surface area (Å²) >= 11 is 11.9. The van der Waals surface area contributed by atoms with Gasteiger partial charge in [-0.2, -0.15) is 0 Å². The van der Waals surface area contributed by atoms with Crippen molar-refractivity contribution >= 4 is 34.8 Å². The Bertz CT molecular complexity index is 657. The summed E-state index contributed by atoms with van der Waals surface area (Å²) in [7, 11) is 0. The van der Waals surface area contributed by atoms with Gasteiger partial charge in [0.25, 0.3) is 0 Å². The summed E-state index contributed by atoms with van der Waals surface area (Å²) in [6.07, 6.45) is 4.08. The average molecular weight is 338 g/mol. The molecule has 3 rings (SSSR count). The van der Waals surface area contributed by atoms with E-state index >= 15 is 0 Å². The normalized spacial score (nSPS) is 18.5. The van der Waals surface area contributed by atoms with Crippen LogP contribution < -0.4 is 5.32 Å². The van der Waals surface area contributed by atoms with Crippen molar-refractivity contribution in [2.24, 2.45) is 0 Å². The SMILES string of the molecule is O=C(CN1CCCC1c1ccc[nH]1)Nc1ccc(Cl)cc1Cl. The molecule has 1 aliphatic rings. The van der Waals surface area contributed by atoms with Crippen LogP contribution in [0.2, 0.25) is 10.0 Å². The van der Waals surface area contributed by atoms with Crippen LogP contribution in [0.5, 0.6) is 0 Å². The molecule has 116 valence electrons. The number of hydrogen-bond acceptors (Lipinski definition) is 2. The largest absolute Gasteiger partial charge is 0.364 e. The molecule has 0 spiro atoms. The van der Waals surface area contributed by atoms with Gasteiger partial charge in [0, 0.05) is 16.9 Å². The molecule has 0 radical (unpaired) electrons. The summed E-state index contributed by atoms with van der Waals surface area (Å²) in [5, 5.41) is 3.85. The average Bonchev–Trinajstić information content (AvgIpc) is 3.12. The van der Waals surface area contributed by atoms with Crippen molar-refractivity contribution < 1.29 is 4.79 Å².